The topological polar surface area (TPSA) is 70.2 Å². The Morgan fingerprint density at radius 1 is 0.939 bits per heavy atom. The molecule has 0 bridgehead atoms. The van der Waals surface area contributed by atoms with E-state index in [2.05, 4.69) is 54.1 Å². The van der Waals surface area contributed by atoms with Crippen LogP contribution in [-0.4, -0.2) is 24.4 Å². The predicted molar refractivity (Wildman–Crippen MR) is 136 cm³/mol. The zero-order valence-corrected chi connectivity index (χ0v) is 20.4. The van der Waals surface area contributed by atoms with Gasteiger partial charge in [-0.15, -0.1) is 12.4 Å². The molecule has 0 unspecified atom stereocenters. The van der Waals surface area contributed by atoms with Gasteiger partial charge in [0.1, 0.15) is 0 Å². The second kappa shape index (κ2) is 11.7. The van der Waals surface area contributed by atoms with Crippen LogP contribution in [0.2, 0.25) is 0 Å². The molecule has 1 aliphatic heterocycles. The first kappa shape index (κ1) is 25.3. The van der Waals surface area contributed by atoms with Crippen LogP contribution in [0.3, 0.4) is 0 Å². The van der Waals surface area contributed by atoms with Gasteiger partial charge in [-0.1, -0.05) is 50.2 Å². The van der Waals surface area contributed by atoms with Crippen molar-refractivity contribution < 1.29 is 9.59 Å². The smallest absolute Gasteiger partial charge is 0.237 e. The van der Waals surface area contributed by atoms with E-state index in [9.17, 15) is 9.59 Å². The zero-order valence-electron chi connectivity index (χ0n) is 19.6. The maximum absolute atomic E-state index is 12.7. The van der Waals surface area contributed by atoms with Crippen LogP contribution in [0, 0.1) is 11.8 Å². The highest BCUT2D eigenvalue weighted by Gasteiger charge is 2.28. The van der Waals surface area contributed by atoms with Crippen molar-refractivity contribution in [1.29, 1.82) is 0 Å². The van der Waals surface area contributed by atoms with Crippen molar-refractivity contribution in [2.24, 2.45) is 11.8 Å². The molecule has 2 aromatic carbocycles. The van der Waals surface area contributed by atoms with E-state index in [4.69, 9.17) is 0 Å². The molecule has 0 radical (unpaired) electrons. The first-order chi connectivity index (χ1) is 15.5. The molecule has 5 nitrogen and oxygen atoms in total. The lowest BCUT2D eigenvalue weighted by Gasteiger charge is -2.29. The lowest BCUT2D eigenvalue weighted by atomic mass is 9.81. The monoisotopic (exact) mass is 469 g/mol. The standard InChI is InChI=1S/C27H35N3O2.ClH/c1-18(2)20-11-13-24(14-12-20)30-26(31)21-9-7-19(8-10-21)16-29-27(32)25-15-22-5-3-4-6-23(22)17-28-25;/h3-6,11-14,18-19,21,25,28H,7-10,15-17H2,1-2H3,(H,29,32)(H,30,31);1H/t19?,21?,25-;/m0./s1. The molecule has 1 atom stereocenters. The number of rotatable bonds is 6. The van der Waals surface area contributed by atoms with Gasteiger partial charge >= 0.3 is 0 Å². The van der Waals surface area contributed by atoms with Gasteiger partial charge in [0.2, 0.25) is 11.8 Å². The predicted octanol–water partition coefficient (Wildman–Crippen LogP) is 4.81. The van der Waals surface area contributed by atoms with Gasteiger partial charge in [0, 0.05) is 24.7 Å². The van der Waals surface area contributed by atoms with Gasteiger partial charge in [-0.05, 0) is 72.8 Å². The van der Waals surface area contributed by atoms with Gasteiger partial charge in [-0.3, -0.25) is 9.59 Å². The third kappa shape index (κ3) is 6.58. The average Bonchev–Trinajstić information content (AvgIpc) is 2.82. The van der Waals surface area contributed by atoms with Crippen LogP contribution >= 0.6 is 12.4 Å². The third-order valence-electron chi connectivity index (χ3n) is 7.03. The van der Waals surface area contributed by atoms with Crippen LogP contribution in [0.4, 0.5) is 5.69 Å². The van der Waals surface area contributed by atoms with Gasteiger partial charge in [0.25, 0.3) is 0 Å². The summed E-state index contributed by atoms with van der Waals surface area (Å²) < 4.78 is 0. The highest BCUT2D eigenvalue weighted by Crippen LogP contribution is 2.29. The van der Waals surface area contributed by atoms with E-state index in [1.165, 1.54) is 16.7 Å². The lowest BCUT2D eigenvalue weighted by molar-refractivity contribution is -0.124. The first-order valence-corrected chi connectivity index (χ1v) is 12.0. The number of nitrogens with one attached hydrogen (secondary N) is 3. The molecule has 6 heteroatoms. The van der Waals surface area contributed by atoms with E-state index in [0.29, 0.717) is 18.4 Å². The van der Waals surface area contributed by atoms with Crippen LogP contribution in [0.5, 0.6) is 0 Å². The molecule has 3 N–H and O–H groups in total. The van der Waals surface area contributed by atoms with Gasteiger partial charge in [0.15, 0.2) is 0 Å². The van der Waals surface area contributed by atoms with Gasteiger partial charge in [-0.25, -0.2) is 0 Å². The Bertz CT molecular complexity index is 937. The minimum atomic E-state index is -0.158. The number of benzene rings is 2. The number of halogens is 1. The number of hydrogen-bond donors (Lipinski definition) is 3. The Kier molecular flexibility index (Phi) is 8.93. The summed E-state index contributed by atoms with van der Waals surface area (Å²) in [6, 6.07) is 16.3. The minimum Gasteiger partial charge on any atom is -0.354 e. The largest absolute Gasteiger partial charge is 0.354 e. The molecule has 1 heterocycles. The Morgan fingerprint density at radius 3 is 2.27 bits per heavy atom. The maximum atomic E-state index is 12.7. The van der Waals surface area contributed by atoms with Crippen molar-refractivity contribution in [3.8, 4) is 0 Å². The summed E-state index contributed by atoms with van der Waals surface area (Å²) in [7, 11) is 0. The fraction of sp³-hybridized carbons (Fsp3) is 0.481. The first-order valence-electron chi connectivity index (χ1n) is 12.0. The lowest BCUT2D eigenvalue weighted by Crippen LogP contribution is -2.48. The molecule has 2 aromatic rings. The van der Waals surface area contributed by atoms with Gasteiger partial charge in [0.05, 0.1) is 6.04 Å². The summed E-state index contributed by atoms with van der Waals surface area (Å²) in [4.78, 5) is 25.3. The molecule has 0 aromatic heterocycles. The molecule has 2 aliphatic rings. The molecular weight excluding hydrogens is 434 g/mol. The van der Waals surface area contributed by atoms with E-state index < -0.39 is 0 Å². The molecular formula is C27H36ClN3O2. The van der Waals surface area contributed by atoms with Gasteiger partial charge in [-0.2, -0.15) is 0 Å². The Labute approximate surface area is 203 Å². The van der Waals surface area contributed by atoms with E-state index in [1.54, 1.807) is 0 Å². The summed E-state index contributed by atoms with van der Waals surface area (Å²) in [6.07, 6.45) is 4.46. The molecule has 4 rings (SSSR count). The quantitative estimate of drug-likeness (QED) is 0.568. The molecule has 33 heavy (non-hydrogen) atoms. The number of carbonyl (C=O) groups excluding carboxylic acids is 2. The van der Waals surface area contributed by atoms with Crippen molar-refractivity contribution in [3.05, 3.63) is 65.2 Å². The van der Waals surface area contributed by atoms with Crippen molar-refractivity contribution in [3.63, 3.8) is 0 Å². The van der Waals surface area contributed by atoms with Crippen LogP contribution < -0.4 is 16.0 Å². The average molecular weight is 470 g/mol. The molecule has 1 fully saturated rings. The fourth-order valence-electron chi connectivity index (χ4n) is 4.83. The zero-order chi connectivity index (χ0) is 22.5. The number of fused-ring (bicyclic) bond motifs is 1. The normalized spacial score (nSPS) is 22.1. The Morgan fingerprint density at radius 2 is 1.61 bits per heavy atom. The van der Waals surface area contributed by atoms with E-state index in [-0.39, 0.29) is 36.2 Å². The van der Waals surface area contributed by atoms with E-state index in [1.807, 2.05) is 24.3 Å². The second-order valence-corrected chi connectivity index (χ2v) is 9.64. The highest BCUT2D eigenvalue weighted by molar-refractivity contribution is 5.92. The Hall–Kier alpha value is -2.37. The number of carbonyl (C=O) groups is 2. The third-order valence-corrected chi connectivity index (χ3v) is 7.03. The SMILES string of the molecule is CC(C)c1ccc(NC(=O)C2CCC(CNC(=O)[C@@H]3Cc4ccccc4CN3)CC2)cc1.Cl. The van der Waals surface area contributed by atoms with Crippen molar-refractivity contribution in [2.45, 2.75) is 64.5 Å². The number of hydrogen-bond acceptors (Lipinski definition) is 3. The van der Waals surface area contributed by atoms with E-state index in [0.717, 1.165) is 44.3 Å². The van der Waals surface area contributed by atoms with Gasteiger partial charge < -0.3 is 16.0 Å². The maximum Gasteiger partial charge on any atom is 0.237 e. The van der Waals surface area contributed by atoms with Crippen LogP contribution in [0.25, 0.3) is 0 Å². The summed E-state index contributed by atoms with van der Waals surface area (Å²) >= 11 is 0. The van der Waals surface area contributed by atoms with Crippen LogP contribution in [0.15, 0.2) is 48.5 Å². The molecule has 2 amide bonds. The molecule has 178 valence electrons. The summed E-state index contributed by atoms with van der Waals surface area (Å²) in [5.74, 6) is 1.20. The molecule has 0 spiro atoms. The fourth-order valence-corrected chi connectivity index (χ4v) is 4.83. The molecule has 1 saturated carbocycles. The van der Waals surface area contributed by atoms with Crippen molar-refractivity contribution >= 4 is 29.9 Å². The second-order valence-electron chi connectivity index (χ2n) is 9.64. The molecule has 0 saturated heterocycles. The molecule has 1 aliphatic carbocycles. The summed E-state index contributed by atoms with van der Waals surface area (Å²) in [5, 5.41) is 9.58. The number of amides is 2. The van der Waals surface area contributed by atoms with Crippen molar-refractivity contribution in [1.82, 2.24) is 10.6 Å². The van der Waals surface area contributed by atoms with E-state index >= 15 is 0 Å². The highest BCUT2D eigenvalue weighted by atomic mass is 35.5. The van der Waals surface area contributed by atoms with Crippen LogP contribution in [0.1, 0.15) is 62.1 Å². The minimum absolute atomic E-state index is 0. The van der Waals surface area contributed by atoms with Crippen LogP contribution in [-0.2, 0) is 22.6 Å². The Balaban J connectivity index is 0.00000306. The number of anilines is 1. The summed E-state index contributed by atoms with van der Waals surface area (Å²) in [6.45, 7) is 5.77. The van der Waals surface area contributed by atoms with Crippen molar-refractivity contribution in [2.75, 3.05) is 11.9 Å². The summed E-state index contributed by atoms with van der Waals surface area (Å²) in [5.41, 5.74) is 4.69.